The summed E-state index contributed by atoms with van der Waals surface area (Å²) in [7, 11) is 3.08. The highest BCUT2D eigenvalue weighted by atomic mass is 32.1. The third-order valence-corrected chi connectivity index (χ3v) is 4.75. The van der Waals surface area contributed by atoms with Crippen LogP contribution in [0.5, 0.6) is 11.5 Å². The number of nitrogens with one attached hydrogen (secondary N) is 1. The molecule has 1 amide bonds. The fraction of sp³-hybridized carbons (Fsp3) is 0.222. The van der Waals surface area contributed by atoms with Crippen molar-refractivity contribution >= 4 is 33.0 Å². The van der Waals surface area contributed by atoms with Crippen molar-refractivity contribution in [2.45, 2.75) is 13.5 Å². The molecule has 0 saturated carbocycles. The van der Waals surface area contributed by atoms with Gasteiger partial charge in [0, 0.05) is 39.7 Å². The van der Waals surface area contributed by atoms with Crippen LogP contribution in [0.3, 0.4) is 0 Å². The summed E-state index contributed by atoms with van der Waals surface area (Å²) in [6, 6.07) is 8.80. The molecule has 2 aromatic heterocycles. The number of fused-ring (bicyclic) bond motifs is 1. The zero-order valence-electron chi connectivity index (χ0n) is 14.2. The zero-order valence-corrected chi connectivity index (χ0v) is 15.0. The second kappa shape index (κ2) is 6.98. The average molecular weight is 358 g/mol. The monoisotopic (exact) mass is 358 g/mol. The Kier molecular flexibility index (Phi) is 4.76. The number of methoxy groups -OCH3 is 2. The first-order chi connectivity index (χ1) is 12.0. The van der Waals surface area contributed by atoms with Crippen molar-refractivity contribution < 1.29 is 14.3 Å². The summed E-state index contributed by atoms with van der Waals surface area (Å²) < 4.78 is 12.7. The van der Waals surface area contributed by atoms with E-state index in [9.17, 15) is 9.59 Å². The number of pyridine rings is 1. The summed E-state index contributed by atoms with van der Waals surface area (Å²) in [6.07, 6.45) is 1.65. The predicted octanol–water partition coefficient (Wildman–Crippen LogP) is 3.03. The van der Waals surface area contributed by atoms with Crippen LogP contribution < -0.4 is 20.3 Å². The van der Waals surface area contributed by atoms with Gasteiger partial charge in [0.1, 0.15) is 18.0 Å². The third kappa shape index (κ3) is 3.66. The molecule has 0 unspecified atom stereocenters. The van der Waals surface area contributed by atoms with Gasteiger partial charge in [-0.25, -0.2) is 0 Å². The zero-order chi connectivity index (χ0) is 18.0. The molecule has 1 aromatic carbocycles. The van der Waals surface area contributed by atoms with Crippen LogP contribution >= 0.6 is 11.3 Å². The number of anilines is 1. The van der Waals surface area contributed by atoms with Crippen LogP contribution in [0.25, 0.3) is 10.1 Å². The van der Waals surface area contributed by atoms with E-state index in [4.69, 9.17) is 9.47 Å². The lowest BCUT2D eigenvalue weighted by Gasteiger charge is -2.10. The summed E-state index contributed by atoms with van der Waals surface area (Å²) in [4.78, 5) is 25.9. The fourth-order valence-electron chi connectivity index (χ4n) is 2.56. The number of hydrogen-bond acceptors (Lipinski definition) is 5. The molecule has 2 heterocycles. The van der Waals surface area contributed by atoms with E-state index < -0.39 is 0 Å². The highest BCUT2D eigenvalue weighted by molar-refractivity contribution is 7.18. The van der Waals surface area contributed by atoms with E-state index in [0.717, 1.165) is 9.58 Å². The Labute approximate surface area is 148 Å². The van der Waals surface area contributed by atoms with E-state index in [1.807, 2.05) is 19.1 Å². The molecule has 0 aliphatic carbocycles. The van der Waals surface area contributed by atoms with Gasteiger partial charge in [0.05, 0.1) is 19.6 Å². The first-order valence-electron chi connectivity index (χ1n) is 7.62. The lowest BCUT2D eigenvalue weighted by molar-refractivity contribution is -0.116. The van der Waals surface area contributed by atoms with Crippen molar-refractivity contribution in [3.05, 3.63) is 51.8 Å². The maximum Gasteiger partial charge on any atom is 0.259 e. The molecule has 0 fully saturated rings. The topological polar surface area (TPSA) is 69.6 Å². The molecule has 0 atom stereocenters. The minimum atomic E-state index is -0.302. The Bertz CT molecular complexity index is 968. The SMILES string of the molecule is COc1cc(NC(=O)Cn2ccc3sc(C)cc3c2=O)cc(OC)c1. The van der Waals surface area contributed by atoms with Gasteiger partial charge in [0.15, 0.2) is 0 Å². The minimum Gasteiger partial charge on any atom is -0.497 e. The fourth-order valence-corrected chi connectivity index (χ4v) is 3.47. The molecule has 3 rings (SSSR count). The Morgan fingerprint density at radius 1 is 1.16 bits per heavy atom. The summed E-state index contributed by atoms with van der Waals surface area (Å²) in [5.41, 5.74) is 0.377. The Balaban J connectivity index is 1.81. The number of rotatable bonds is 5. The Morgan fingerprint density at radius 3 is 2.48 bits per heavy atom. The van der Waals surface area contributed by atoms with Crippen molar-refractivity contribution in [2.24, 2.45) is 0 Å². The lowest BCUT2D eigenvalue weighted by Crippen LogP contribution is -2.27. The number of thiophene rings is 1. The van der Waals surface area contributed by atoms with Crippen molar-refractivity contribution in [3.8, 4) is 11.5 Å². The van der Waals surface area contributed by atoms with Gasteiger partial charge < -0.3 is 19.4 Å². The molecule has 0 bridgehead atoms. The van der Waals surface area contributed by atoms with Gasteiger partial charge >= 0.3 is 0 Å². The molecular weight excluding hydrogens is 340 g/mol. The van der Waals surface area contributed by atoms with Gasteiger partial charge in [-0.3, -0.25) is 9.59 Å². The third-order valence-electron chi connectivity index (χ3n) is 3.73. The molecular formula is C18H18N2O4S. The standard InChI is InChI=1S/C18H18N2O4S/c1-11-6-15-16(25-11)4-5-20(18(15)22)10-17(21)19-12-7-13(23-2)9-14(8-12)24-3/h4-9H,10H2,1-3H3,(H,19,21). The number of ether oxygens (including phenoxy) is 2. The molecule has 0 radical (unpaired) electrons. The van der Waals surface area contributed by atoms with Gasteiger partial charge in [-0.1, -0.05) is 0 Å². The van der Waals surface area contributed by atoms with Crippen LogP contribution in [-0.2, 0) is 11.3 Å². The number of nitrogens with zero attached hydrogens (tertiary/aromatic N) is 1. The first kappa shape index (κ1) is 17.0. The van der Waals surface area contributed by atoms with Crippen molar-refractivity contribution in [3.63, 3.8) is 0 Å². The quantitative estimate of drug-likeness (QED) is 0.761. The van der Waals surface area contributed by atoms with Crippen LogP contribution in [0.1, 0.15) is 4.88 Å². The van der Waals surface area contributed by atoms with Gasteiger partial charge in [-0.05, 0) is 19.1 Å². The Hall–Kier alpha value is -2.80. The molecule has 0 spiro atoms. The van der Waals surface area contributed by atoms with E-state index in [2.05, 4.69) is 5.32 Å². The van der Waals surface area contributed by atoms with Crippen LogP contribution in [0.2, 0.25) is 0 Å². The van der Waals surface area contributed by atoms with E-state index >= 15 is 0 Å². The van der Waals surface area contributed by atoms with Crippen molar-refractivity contribution in [1.29, 1.82) is 0 Å². The molecule has 0 saturated heterocycles. The smallest absolute Gasteiger partial charge is 0.259 e. The second-order valence-corrected chi connectivity index (χ2v) is 6.82. The van der Waals surface area contributed by atoms with Crippen molar-refractivity contribution in [1.82, 2.24) is 4.57 Å². The van der Waals surface area contributed by atoms with E-state index in [1.54, 1.807) is 35.7 Å². The maximum atomic E-state index is 12.5. The molecule has 6 nitrogen and oxygen atoms in total. The molecule has 1 N–H and O–H groups in total. The van der Waals surface area contributed by atoms with E-state index in [1.165, 1.54) is 18.8 Å². The summed E-state index contributed by atoms with van der Waals surface area (Å²) in [6.45, 7) is 1.89. The highest BCUT2D eigenvalue weighted by Crippen LogP contribution is 2.26. The number of carbonyl (C=O) groups excluding carboxylic acids is 1. The number of amides is 1. The summed E-state index contributed by atoms with van der Waals surface area (Å²) in [5, 5.41) is 3.40. The van der Waals surface area contributed by atoms with E-state index in [-0.39, 0.29) is 18.0 Å². The number of aryl methyl sites for hydroxylation is 1. The summed E-state index contributed by atoms with van der Waals surface area (Å²) >= 11 is 1.56. The number of carbonyl (C=O) groups is 1. The van der Waals surface area contributed by atoms with Crippen LogP contribution in [-0.4, -0.2) is 24.7 Å². The van der Waals surface area contributed by atoms with Gasteiger partial charge in [-0.15, -0.1) is 11.3 Å². The largest absolute Gasteiger partial charge is 0.497 e. The molecule has 130 valence electrons. The number of aromatic nitrogens is 1. The predicted molar refractivity (Wildman–Crippen MR) is 99.0 cm³/mol. The molecule has 3 aromatic rings. The highest BCUT2D eigenvalue weighted by Gasteiger charge is 2.10. The molecule has 7 heteroatoms. The average Bonchev–Trinajstić information content (AvgIpc) is 2.98. The number of benzene rings is 1. The van der Waals surface area contributed by atoms with Crippen LogP contribution in [0, 0.1) is 6.92 Å². The van der Waals surface area contributed by atoms with Crippen molar-refractivity contribution in [2.75, 3.05) is 19.5 Å². The number of hydrogen-bond donors (Lipinski definition) is 1. The second-order valence-electron chi connectivity index (χ2n) is 5.53. The molecule has 25 heavy (non-hydrogen) atoms. The Morgan fingerprint density at radius 2 is 1.84 bits per heavy atom. The maximum absolute atomic E-state index is 12.5. The van der Waals surface area contributed by atoms with E-state index in [0.29, 0.717) is 22.6 Å². The van der Waals surface area contributed by atoms with Gasteiger partial charge in [0.25, 0.3) is 5.56 Å². The van der Waals surface area contributed by atoms with Crippen LogP contribution in [0.4, 0.5) is 5.69 Å². The summed E-state index contributed by atoms with van der Waals surface area (Å²) in [5.74, 6) is 0.840. The molecule has 0 aliphatic rings. The first-order valence-corrected chi connectivity index (χ1v) is 8.44. The van der Waals surface area contributed by atoms with Gasteiger partial charge in [-0.2, -0.15) is 0 Å². The normalized spacial score (nSPS) is 10.7. The lowest BCUT2D eigenvalue weighted by atomic mass is 10.2. The molecule has 0 aliphatic heterocycles. The minimum absolute atomic E-state index is 0.0663. The van der Waals surface area contributed by atoms with Gasteiger partial charge in [0.2, 0.25) is 5.91 Å². The van der Waals surface area contributed by atoms with Crippen LogP contribution in [0.15, 0.2) is 41.3 Å².